The molecule has 1 aliphatic heterocycles. The van der Waals surface area contributed by atoms with Crippen LogP contribution in [-0.4, -0.2) is 9.78 Å². The molecule has 1 aromatic carbocycles. The maximum Gasteiger partial charge on any atom is 0.224 e. The van der Waals surface area contributed by atoms with Crippen molar-refractivity contribution in [1.29, 1.82) is 5.26 Å². The molecule has 0 radical (unpaired) electrons. The fourth-order valence-corrected chi connectivity index (χ4v) is 2.77. The van der Waals surface area contributed by atoms with Crippen molar-refractivity contribution in [3.63, 3.8) is 0 Å². The third-order valence-electron chi connectivity index (χ3n) is 3.73. The Kier molecular flexibility index (Phi) is 3.15. The molecule has 0 fully saturated rings. The summed E-state index contributed by atoms with van der Waals surface area (Å²) in [5.74, 6) is 0.578. The number of ether oxygens (including phenoxy) is 1. The normalized spacial score (nSPS) is 17.1. The lowest BCUT2D eigenvalue weighted by molar-refractivity contribution is 0.350. The Balaban J connectivity index is 2.27. The van der Waals surface area contributed by atoms with Crippen LogP contribution in [0.5, 0.6) is 5.88 Å². The lowest BCUT2D eigenvalue weighted by Crippen LogP contribution is -2.22. The van der Waals surface area contributed by atoms with E-state index in [2.05, 4.69) is 11.2 Å². The number of nitrogens with zero attached hydrogens (tertiary/aromatic N) is 3. The average Bonchev–Trinajstić information content (AvgIpc) is 2.82. The minimum Gasteiger partial charge on any atom is -0.422 e. The molecule has 2 heterocycles. The highest BCUT2D eigenvalue weighted by Gasteiger charge is 2.35. The van der Waals surface area contributed by atoms with Crippen LogP contribution in [0.1, 0.15) is 29.7 Å². The summed E-state index contributed by atoms with van der Waals surface area (Å²) in [5.41, 5.74) is 9.20. The lowest BCUT2D eigenvalue weighted by Gasteiger charge is -2.24. The average molecular weight is 280 g/mol. The molecule has 2 N–H and O–H groups in total. The Morgan fingerprint density at radius 2 is 2.10 bits per heavy atom. The molecule has 5 heteroatoms. The monoisotopic (exact) mass is 280 g/mol. The third kappa shape index (κ3) is 1.96. The van der Waals surface area contributed by atoms with E-state index in [1.807, 2.05) is 44.2 Å². The van der Waals surface area contributed by atoms with Gasteiger partial charge < -0.3 is 10.5 Å². The Labute approximate surface area is 123 Å². The summed E-state index contributed by atoms with van der Waals surface area (Å²) in [6.45, 7) is 4.61. The van der Waals surface area contributed by atoms with Gasteiger partial charge in [0, 0.05) is 6.54 Å². The van der Waals surface area contributed by atoms with Crippen molar-refractivity contribution < 1.29 is 4.74 Å². The van der Waals surface area contributed by atoms with Crippen LogP contribution in [0.25, 0.3) is 0 Å². The van der Waals surface area contributed by atoms with Crippen LogP contribution in [0.15, 0.2) is 41.8 Å². The summed E-state index contributed by atoms with van der Waals surface area (Å²) < 4.78 is 7.44. The van der Waals surface area contributed by atoms with Crippen molar-refractivity contribution in [1.82, 2.24) is 9.78 Å². The Morgan fingerprint density at radius 3 is 2.71 bits per heavy atom. The zero-order chi connectivity index (χ0) is 15.0. The summed E-state index contributed by atoms with van der Waals surface area (Å²) in [6.07, 6.45) is 0. The lowest BCUT2D eigenvalue weighted by atomic mass is 9.84. The number of allylic oxidation sites excluding steroid dienone is 1. The van der Waals surface area contributed by atoms with Gasteiger partial charge in [-0.1, -0.05) is 30.3 Å². The highest BCUT2D eigenvalue weighted by molar-refractivity contribution is 5.55. The summed E-state index contributed by atoms with van der Waals surface area (Å²) in [7, 11) is 0. The van der Waals surface area contributed by atoms with Crippen molar-refractivity contribution in [2.24, 2.45) is 5.73 Å². The third-order valence-corrected chi connectivity index (χ3v) is 3.73. The molecule has 106 valence electrons. The van der Waals surface area contributed by atoms with Crippen molar-refractivity contribution in [2.45, 2.75) is 26.3 Å². The van der Waals surface area contributed by atoms with Gasteiger partial charge in [-0.3, -0.25) is 0 Å². The van der Waals surface area contributed by atoms with Gasteiger partial charge in [0.15, 0.2) is 0 Å². The molecule has 0 aliphatic carbocycles. The second-order valence-electron chi connectivity index (χ2n) is 4.96. The molecular weight excluding hydrogens is 264 g/mol. The molecule has 0 spiro atoms. The molecule has 21 heavy (non-hydrogen) atoms. The first-order valence-electron chi connectivity index (χ1n) is 6.87. The standard InChI is InChI=1S/C16H16N4O/c1-3-20-16-13(10(2)19-20)14(11-7-5-4-6-8-11)12(9-17)15(18)21-16/h4-8,14H,3,18H2,1-2H3/t14-/m0/s1. The number of aryl methyl sites for hydroxylation is 2. The number of nitrogens with two attached hydrogens (primary N) is 1. The van der Waals surface area contributed by atoms with Crippen LogP contribution in [-0.2, 0) is 6.54 Å². The number of benzene rings is 1. The number of hydrogen-bond acceptors (Lipinski definition) is 4. The summed E-state index contributed by atoms with van der Waals surface area (Å²) in [5, 5.41) is 14.0. The van der Waals surface area contributed by atoms with E-state index in [1.165, 1.54) is 0 Å². The fourth-order valence-electron chi connectivity index (χ4n) is 2.77. The number of rotatable bonds is 2. The van der Waals surface area contributed by atoms with Crippen LogP contribution in [0.2, 0.25) is 0 Å². The van der Waals surface area contributed by atoms with E-state index >= 15 is 0 Å². The van der Waals surface area contributed by atoms with Crippen LogP contribution in [0.3, 0.4) is 0 Å². The molecule has 1 atom stereocenters. The van der Waals surface area contributed by atoms with E-state index in [1.54, 1.807) is 4.68 Å². The van der Waals surface area contributed by atoms with E-state index in [9.17, 15) is 5.26 Å². The summed E-state index contributed by atoms with van der Waals surface area (Å²) in [6, 6.07) is 12.0. The van der Waals surface area contributed by atoms with E-state index in [0.717, 1.165) is 16.8 Å². The van der Waals surface area contributed by atoms with E-state index < -0.39 is 0 Å². The van der Waals surface area contributed by atoms with E-state index in [4.69, 9.17) is 10.5 Å². The number of fused-ring (bicyclic) bond motifs is 1. The molecule has 0 saturated heterocycles. The van der Waals surface area contributed by atoms with E-state index in [0.29, 0.717) is 18.0 Å². The van der Waals surface area contributed by atoms with Gasteiger partial charge in [0.05, 0.1) is 17.2 Å². The fraction of sp³-hybridized carbons (Fsp3) is 0.250. The number of aromatic nitrogens is 2. The first-order chi connectivity index (χ1) is 10.2. The Morgan fingerprint density at radius 1 is 1.38 bits per heavy atom. The van der Waals surface area contributed by atoms with Crippen LogP contribution >= 0.6 is 0 Å². The summed E-state index contributed by atoms with van der Waals surface area (Å²) in [4.78, 5) is 0. The highest BCUT2D eigenvalue weighted by atomic mass is 16.5. The van der Waals surface area contributed by atoms with Crippen LogP contribution < -0.4 is 10.5 Å². The quantitative estimate of drug-likeness (QED) is 0.916. The molecule has 1 aromatic heterocycles. The number of nitriles is 1. The first-order valence-corrected chi connectivity index (χ1v) is 6.87. The maximum absolute atomic E-state index is 9.48. The van der Waals surface area contributed by atoms with E-state index in [-0.39, 0.29) is 11.8 Å². The number of hydrogen-bond donors (Lipinski definition) is 1. The summed E-state index contributed by atoms with van der Waals surface area (Å²) >= 11 is 0. The van der Waals surface area contributed by atoms with Crippen molar-refractivity contribution in [3.05, 3.63) is 58.6 Å². The van der Waals surface area contributed by atoms with Gasteiger partial charge in [-0.2, -0.15) is 10.4 Å². The smallest absolute Gasteiger partial charge is 0.224 e. The van der Waals surface area contributed by atoms with Gasteiger partial charge in [0.25, 0.3) is 0 Å². The molecule has 2 aromatic rings. The SMILES string of the molecule is CCn1nc(C)c2c1OC(N)=C(C#N)[C@@H]2c1ccccc1. The Hall–Kier alpha value is -2.74. The molecule has 0 bridgehead atoms. The second-order valence-corrected chi connectivity index (χ2v) is 4.96. The van der Waals surface area contributed by atoms with Gasteiger partial charge in [0.2, 0.25) is 11.8 Å². The van der Waals surface area contributed by atoms with Crippen molar-refractivity contribution in [2.75, 3.05) is 0 Å². The van der Waals surface area contributed by atoms with Gasteiger partial charge in [-0.05, 0) is 19.4 Å². The van der Waals surface area contributed by atoms with Crippen molar-refractivity contribution >= 4 is 0 Å². The highest BCUT2D eigenvalue weighted by Crippen LogP contribution is 2.43. The van der Waals surface area contributed by atoms with Crippen LogP contribution in [0.4, 0.5) is 0 Å². The molecule has 0 amide bonds. The predicted molar refractivity (Wildman–Crippen MR) is 78.4 cm³/mol. The predicted octanol–water partition coefficient (Wildman–Crippen LogP) is 2.43. The largest absolute Gasteiger partial charge is 0.422 e. The molecule has 3 rings (SSSR count). The van der Waals surface area contributed by atoms with Gasteiger partial charge >= 0.3 is 0 Å². The maximum atomic E-state index is 9.48. The zero-order valence-electron chi connectivity index (χ0n) is 12.0. The first kappa shape index (κ1) is 13.3. The molecule has 0 unspecified atom stereocenters. The van der Waals surface area contributed by atoms with Gasteiger partial charge in [-0.15, -0.1) is 0 Å². The molecular formula is C16H16N4O. The van der Waals surface area contributed by atoms with Gasteiger partial charge in [-0.25, -0.2) is 4.68 Å². The van der Waals surface area contributed by atoms with Crippen LogP contribution in [0, 0.1) is 18.3 Å². The molecule has 0 saturated carbocycles. The minimum absolute atomic E-state index is 0.161. The minimum atomic E-state index is -0.222. The molecule has 1 aliphatic rings. The van der Waals surface area contributed by atoms with Crippen molar-refractivity contribution in [3.8, 4) is 11.9 Å². The topological polar surface area (TPSA) is 76.9 Å². The molecule has 5 nitrogen and oxygen atoms in total. The Bertz CT molecular complexity index is 753. The van der Waals surface area contributed by atoms with Gasteiger partial charge in [0.1, 0.15) is 11.6 Å². The second kappa shape index (κ2) is 4.98. The zero-order valence-corrected chi connectivity index (χ0v) is 12.0.